The molecule has 1 aromatic heterocycles. The number of nitrogens with one attached hydrogen (secondary N) is 1. The lowest BCUT2D eigenvalue weighted by atomic mass is 9.87. The molecule has 4 rings (SSSR count). The molecule has 33 heavy (non-hydrogen) atoms. The first-order chi connectivity index (χ1) is 15.8. The van der Waals surface area contributed by atoms with Gasteiger partial charge >= 0.3 is 6.03 Å². The van der Waals surface area contributed by atoms with Crippen LogP contribution in [-0.4, -0.2) is 54.4 Å². The van der Waals surface area contributed by atoms with Crippen molar-refractivity contribution in [3.05, 3.63) is 66.2 Å². The lowest BCUT2D eigenvalue weighted by Crippen LogP contribution is -2.50. The second-order valence-corrected chi connectivity index (χ2v) is 9.24. The zero-order valence-electron chi connectivity index (χ0n) is 19.7. The number of anilines is 2. The van der Waals surface area contributed by atoms with Crippen LogP contribution in [-0.2, 0) is 5.41 Å². The summed E-state index contributed by atoms with van der Waals surface area (Å²) in [4.78, 5) is 16.7. The fourth-order valence-corrected chi connectivity index (χ4v) is 3.80. The molecule has 7 nitrogen and oxygen atoms in total. The van der Waals surface area contributed by atoms with Crippen LogP contribution in [0.4, 0.5) is 16.3 Å². The number of nitrogens with zero attached hydrogens (tertiary/aromatic N) is 4. The van der Waals surface area contributed by atoms with Crippen LogP contribution in [0, 0.1) is 0 Å². The molecule has 7 heteroatoms. The van der Waals surface area contributed by atoms with Gasteiger partial charge in [0.25, 0.3) is 0 Å². The summed E-state index contributed by atoms with van der Waals surface area (Å²) in [6.07, 6.45) is 0. The molecule has 172 valence electrons. The highest BCUT2D eigenvalue weighted by Gasteiger charge is 2.22. The highest BCUT2D eigenvalue weighted by molar-refractivity contribution is 5.89. The molecule has 0 saturated carbocycles. The zero-order valence-corrected chi connectivity index (χ0v) is 19.7. The first-order valence-corrected chi connectivity index (χ1v) is 11.2. The fraction of sp³-hybridized carbons (Fsp3) is 0.346. The van der Waals surface area contributed by atoms with E-state index in [4.69, 9.17) is 4.74 Å². The predicted molar refractivity (Wildman–Crippen MR) is 132 cm³/mol. The molecule has 1 fully saturated rings. The second-order valence-electron chi connectivity index (χ2n) is 9.24. The van der Waals surface area contributed by atoms with Gasteiger partial charge in [0.05, 0.1) is 12.8 Å². The van der Waals surface area contributed by atoms with Crippen LogP contribution in [0.5, 0.6) is 5.75 Å². The van der Waals surface area contributed by atoms with Gasteiger partial charge in [-0.3, -0.25) is 0 Å². The van der Waals surface area contributed by atoms with Gasteiger partial charge in [-0.05, 0) is 59.5 Å². The number of hydrogen-bond acceptors (Lipinski definition) is 5. The summed E-state index contributed by atoms with van der Waals surface area (Å²) in [7, 11) is 1.65. The maximum Gasteiger partial charge on any atom is 0.321 e. The van der Waals surface area contributed by atoms with Crippen molar-refractivity contribution >= 4 is 17.5 Å². The molecule has 0 aliphatic carbocycles. The molecule has 1 N–H and O–H groups in total. The largest absolute Gasteiger partial charge is 0.497 e. The number of carbonyl (C=O) groups is 1. The van der Waals surface area contributed by atoms with Crippen molar-refractivity contribution in [3.8, 4) is 17.0 Å². The first kappa shape index (κ1) is 22.6. The van der Waals surface area contributed by atoms with Gasteiger partial charge in [0.1, 0.15) is 5.75 Å². The van der Waals surface area contributed by atoms with Crippen LogP contribution >= 0.6 is 0 Å². The summed E-state index contributed by atoms with van der Waals surface area (Å²) in [6, 6.07) is 19.7. The molecule has 0 bridgehead atoms. The van der Waals surface area contributed by atoms with Crippen LogP contribution in [0.3, 0.4) is 0 Å². The number of hydrogen-bond donors (Lipinski definition) is 1. The standard InChI is InChI=1S/C26H31N5O2/c1-26(2,3)20-7-9-21(10-8-20)27-25(32)31-17-15-30(16-18-31)24-14-13-23(28-29-24)19-5-11-22(33-4)12-6-19/h5-14H,15-18H2,1-4H3,(H,27,32). The molecule has 0 spiro atoms. The van der Waals surface area contributed by atoms with Crippen LogP contribution in [0.25, 0.3) is 11.3 Å². The number of amides is 2. The van der Waals surface area contributed by atoms with Crippen LogP contribution in [0.1, 0.15) is 26.3 Å². The number of benzene rings is 2. The molecule has 0 unspecified atom stereocenters. The third kappa shape index (κ3) is 5.42. The van der Waals surface area contributed by atoms with E-state index in [1.54, 1.807) is 7.11 Å². The highest BCUT2D eigenvalue weighted by atomic mass is 16.5. The Kier molecular flexibility index (Phi) is 6.49. The van der Waals surface area contributed by atoms with E-state index in [0.29, 0.717) is 26.2 Å². The normalized spacial score (nSPS) is 14.2. The van der Waals surface area contributed by atoms with Gasteiger partial charge in [0, 0.05) is 37.4 Å². The first-order valence-electron chi connectivity index (χ1n) is 11.2. The van der Waals surface area contributed by atoms with Crippen molar-refractivity contribution in [2.24, 2.45) is 0 Å². The molecule has 2 aromatic carbocycles. The number of piperazine rings is 1. The van der Waals surface area contributed by atoms with Crippen molar-refractivity contribution in [2.75, 3.05) is 43.5 Å². The minimum Gasteiger partial charge on any atom is -0.497 e. The molecule has 2 heterocycles. The lowest BCUT2D eigenvalue weighted by molar-refractivity contribution is 0.208. The summed E-state index contributed by atoms with van der Waals surface area (Å²) in [5, 5.41) is 11.8. The molecule has 1 aliphatic rings. The lowest BCUT2D eigenvalue weighted by Gasteiger charge is -2.35. The molecule has 2 amide bonds. The minimum absolute atomic E-state index is 0.0703. The van der Waals surface area contributed by atoms with Crippen LogP contribution in [0.2, 0.25) is 0 Å². The Morgan fingerprint density at radius 2 is 1.55 bits per heavy atom. The highest BCUT2D eigenvalue weighted by Crippen LogP contribution is 2.24. The van der Waals surface area contributed by atoms with Gasteiger partial charge < -0.3 is 19.9 Å². The molecule has 1 saturated heterocycles. The third-order valence-corrected chi connectivity index (χ3v) is 5.93. The van der Waals surface area contributed by atoms with Gasteiger partial charge in [0.2, 0.25) is 0 Å². The summed E-state index contributed by atoms with van der Waals surface area (Å²) in [6.45, 7) is 9.23. The predicted octanol–water partition coefficient (Wildman–Crippen LogP) is 4.80. The number of ether oxygens (including phenoxy) is 1. The Bertz CT molecular complexity index is 1070. The minimum atomic E-state index is -0.0703. The quantitative estimate of drug-likeness (QED) is 0.624. The molecule has 0 atom stereocenters. The summed E-state index contributed by atoms with van der Waals surface area (Å²) < 4.78 is 5.20. The van der Waals surface area contributed by atoms with Crippen LogP contribution < -0.4 is 15.0 Å². The molecular weight excluding hydrogens is 414 g/mol. The molecule has 1 aliphatic heterocycles. The molecular formula is C26H31N5O2. The maximum atomic E-state index is 12.7. The Balaban J connectivity index is 1.31. The number of carbonyl (C=O) groups excluding carboxylic acids is 1. The summed E-state index contributed by atoms with van der Waals surface area (Å²) in [5.74, 6) is 1.64. The number of aromatic nitrogens is 2. The van der Waals surface area contributed by atoms with E-state index in [1.165, 1.54) is 5.56 Å². The van der Waals surface area contributed by atoms with E-state index in [1.807, 2.05) is 53.4 Å². The third-order valence-electron chi connectivity index (χ3n) is 5.93. The molecule has 0 radical (unpaired) electrons. The van der Waals surface area contributed by atoms with Gasteiger partial charge in [-0.2, -0.15) is 0 Å². The van der Waals surface area contributed by atoms with Gasteiger partial charge in [0.15, 0.2) is 5.82 Å². The fourth-order valence-electron chi connectivity index (χ4n) is 3.80. The van der Waals surface area contributed by atoms with Crippen LogP contribution in [0.15, 0.2) is 60.7 Å². The Morgan fingerprint density at radius 1 is 0.879 bits per heavy atom. The second kappa shape index (κ2) is 9.48. The summed E-state index contributed by atoms with van der Waals surface area (Å²) in [5.41, 5.74) is 3.96. The van der Waals surface area contributed by atoms with E-state index in [0.717, 1.165) is 28.5 Å². The maximum absolute atomic E-state index is 12.7. The van der Waals surface area contributed by atoms with Gasteiger partial charge in [-0.15, -0.1) is 10.2 Å². The zero-order chi connectivity index (χ0) is 23.4. The van der Waals surface area contributed by atoms with Crippen molar-refractivity contribution < 1.29 is 9.53 Å². The smallest absolute Gasteiger partial charge is 0.321 e. The average Bonchev–Trinajstić information content (AvgIpc) is 2.84. The Labute approximate surface area is 195 Å². The SMILES string of the molecule is COc1ccc(-c2ccc(N3CCN(C(=O)Nc4ccc(C(C)(C)C)cc4)CC3)nn2)cc1. The van der Waals surface area contributed by atoms with Crippen molar-refractivity contribution in [2.45, 2.75) is 26.2 Å². The topological polar surface area (TPSA) is 70.6 Å². The van der Waals surface area contributed by atoms with E-state index in [2.05, 4.69) is 53.3 Å². The average molecular weight is 446 g/mol. The number of rotatable bonds is 4. The van der Waals surface area contributed by atoms with Crippen molar-refractivity contribution in [1.29, 1.82) is 0 Å². The van der Waals surface area contributed by atoms with E-state index in [-0.39, 0.29) is 11.4 Å². The van der Waals surface area contributed by atoms with Crippen molar-refractivity contribution in [1.82, 2.24) is 15.1 Å². The van der Waals surface area contributed by atoms with E-state index in [9.17, 15) is 4.79 Å². The Hall–Kier alpha value is -3.61. The monoisotopic (exact) mass is 445 g/mol. The number of urea groups is 1. The number of methoxy groups -OCH3 is 1. The van der Waals surface area contributed by atoms with Gasteiger partial charge in [-0.1, -0.05) is 32.9 Å². The van der Waals surface area contributed by atoms with E-state index >= 15 is 0 Å². The summed E-state index contributed by atoms with van der Waals surface area (Å²) >= 11 is 0. The van der Waals surface area contributed by atoms with Crippen molar-refractivity contribution in [3.63, 3.8) is 0 Å². The van der Waals surface area contributed by atoms with E-state index < -0.39 is 0 Å². The molecule has 3 aromatic rings. The Morgan fingerprint density at radius 3 is 2.09 bits per heavy atom. The van der Waals surface area contributed by atoms with Gasteiger partial charge in [-0.25, -0.2) is 4.79 Å².